The van der Waals surface area contributed by atoms with Crippen molar-refractivity contribution in [2.24, 2.45) is 0 Å². The fourth-order valence-electron chi connectivity index (χ4n) is 4.05. The Bertz CT molecular complexity index is 1450. The number of aromatic nitrogens is 2. The highest BCUT2D eigenvalue weighted by atomic mass is 35.5. The summed E-state index contributed by atoms with van der Waals surface area (Å²) in [6.45, 7) is 3.37. The number of urea groups is 1. The van der Waals surface area contributed by atoms with Crippen LogP contribution in [0, 0.1) is 18.6 Å². The second kappa shape index (κ2) is 8.96. The predicted octanol–water partition coefficient (Wildman–Crippen LogP) is 6.68. The number of amides is 2. The molecule has 0 saturated heterocycles. The van der Waals surface area contributed by atoms with E-state index in [9.17, 15) is 13.6 Å². The molecule has 9 heteroatoms. The third-order valence-corrected chi connectivity index (χ3v) is 6.10. The van der Waals surface area contributed by atoms with Gasteiger partial charge in [0.2, 0.25) is 5.82 Å². The van der Waals surface area contributed by atoms with Crippen LogP contribution in [-0.2, 0) is 0 Å². The summed E-state index contributed by atoms with van der Waals surface area (Å²) in [5.74, 6) is -0.243. The van der Waals surface area contributed by atoms with Gasteiger partial charge in [-0.3, -0.25) is 4.90 Å². The number of nitrogens with zero attached hydrogens (tertiary/aromatic N) is 3. The van der Waals surface area contributed by atoms with Gasteiger partial charge in [0.05, 0.1) is 17.3 Å². The van der Waals surface area contributed by atoms with Gasteiger partial charge in [0.1, 0.15) is 11.6 Å². The van der Waals surface area contributed by atoms with E-state index in [4.69, 9.17) is 16.1 Å². The van der Waals surface area contributed by atoms with E-state index in [0.717, 1.165) is 0 Å². The normalized spacial score (nSPS) is 16.0. The quantitative estimate of drug-likeness (QED) is 0.345. The number of aryl methyl sites for hydroxylation is 1. The van der Waals surface area contributed by atoms with E-state index in [2.05, 4.69) is 15.5 Å². The van der Waals surface area contributed by atoms with Crippen LogP contribution in [0.15, 0.2) is 77.0 Å². The lowest BCUT2D eigenvalue weighted by atomic mass is 9.94. The van der Waals surface area contributed by atoms with Crippen molar-refractivity contribution < 1.29 is 18.1 Å². The van der Waals surface area contributed by atoms with Crippen LogP contribution < -0.4 is 10.2 Å². The molecule has 0 aliphatic carbocycles. The van der Waals surface area contributed by atoms with Crippen molar-refractivity contribution in [3.63, 3.8) is 0 Å². The van der Waals surface area contributed by atoms with Gasteiger partial charge < -0.3 is 9.84 Å². The molecule has 1 atom stereocenters. The summed E-state index contributed by atoms with van der Waals surface area (Å²) < 4.78 is 33.1. The van der Waals surface area contributed by atoms with Gasteiger partial charge in [-0.1, -0.05) is 28.9 Å². The lowest BCUT2D eigenvalue weighted by molar-refractivity contribution is 0.244. The number of allylic oxidation sites excluding steroid dienone is 1. The fourth-order valence-corrected chi connectivity index (χ4v) is 4.18. The van der Waals surface area contributed by atoms with Crippen molar-refractivity contribution in [3.8, 4) is 11.4 Å². The molecule has 1 aliphatic heterocycles. The van der Waals surface area contributed by atoms with E-state index in [1.807, 2.05) is 0 Å². The molecule has 1 N–H and O–H groups in total. The molecule has 176 valence electrons. The topological polar surface area (TPSA) is 71.3 Å². The van der Waals surface area contributed by atoms with Crippen molar-refractivity contribution >= 4 is 28.9 Å². The standard InChI is InChI=1S/C26H19ClF2N4O2/c1-14-13-20(11-12-21(14)29)33-15(2)22(23(30-26(33)34)16-5-9-19(28)10-6-16)25-31-24(32-35-25)17-3-7-18(27)8-4-17/h3-13,23H,1-2H3,(H,30,34). The zero-order chi connectivity index (χ0) is 24.7. The minimum absolute atomic E-state index is 0.186. The molecule has 1 aromatic heterocycles. The highest BCUT2D eigenvalue weighted by molar-refractivity contribution is 6.30. The third kappa shape index (κ3) is 4.28. The van der Waals surface area contributed by atoms with Gasteiger partial charge in [0.25, 0.3) is 5.89 Å². The van der Waals surface area contributed by atoms with Crippen LogP contribution in [0.5, 0.6) is 0 Å². The largest absolute Gasteiger partial charge is 0.334 e. The Labute approximate surface area is 204 Å². The number of hydrogen-bond acceptors (Lipinski definition) is 4. The van der Waals surface area contributed by atoms with Gasteiger partial charge in [-0.2, -0.15) is 4.98 Å². The molecule has 0 saturated carbocycles. The number of nitrogens with one attached hydrogen (secondary N) is 1. The molecule has 3 aromatic carbocycles. The second-order valence-electron chi connectivity index (χ2n) is 8.13. The van der Waals surface area contributed by atoms with Crippen LogP contribution in [0.3, 0.4) is 0 Å². The van der Waals surface area contributed by atoms with Gasteiger partial charge in [0.15, 0.2) is 0 Å². The van der Waals surface area contributed by atoms with Gasteiger partial charge in [-0.05, 0) is 79.6 Å². The Hall–Kier alpha value is -4.04. The van der Waals surface area contributed by atoms with Gasteiger partial charge in [0, 0.05) is 16.3 Å². The first kappa shape index (κ1) is 22.7. The maximum atomic E-state index is 13.9. The van der Waals surface area contributed by atoms with Crippen LogP contribution >= 0.6 is 11.6 Å². The summed E-state index contributed by atoms with van der Waals surface area (Å²) in [7, 11) is 0. The first-order chi connectivity index (χ1) is 16.8. The van der Waals surface area contributed by atoms with Crippen molar-refractivity contribution in [2.75, 3.05) is 4.90 Å². The maximum Gasteiger partial charge on any atom is 0.326 e. The molecular weight excluding hydrogens is 474 g/mol. The molecule has 5 rings (SSSR count). The zero-order valence-corrected chi connectivity index (χ0v) is 19.5. The zero-order valence-electron chi connectivity index (χ0n) is 18.7. The Kier molecular flexibility index (Phi) is 5.82. The number of carbonyl (C=O) groups excluding carboxylic acids is 1. The second-order valence-corrected chi connectivity index (χ2v) is 8.57. The first-order valence-electron chi connectivity index (χ1n) is 10.7. The molecule has 35 heavy (non-hydrogen) atoms. The van der Waals surface area contributed by atoms with Crippen LogP contribution in [-0.4, -0.2) is 16.2 Å². The van der Waals surface area contributed by atoms with Crippen LogP contribution in [0.25, 0.3) is 17.0 Å². The number of halogens is 3. The summed E-state index contributed by atoms with van der Waals surface area (Å²) in [5, 5.41) is 7.62. The summed E-state index contributed by atoms with van der Waals surface area (Å²) >= 11 is 5.98. The number of anilines is 1. The minimum Gasteiger partial charge on any atom is -0.334 e. The lowest BCUT2D eigenvalue weighted by Gasteiger charge is -2.35. The first-order valence-corrected chi connectivity index (χ1v) is 11.1. The van der Waals surface area contributed by atoms with Gasteiger partial charge in [-0.15, -0.1) is 0 Å². The number of hydrogen-bond donors (Lipinski definition) is 1. The molecule has 2 heterocycles. The Morgan fingerprint density at radius 2 is 1.71 bits per heavy atom. The maximum absolute atomic E-state index is 13.9. The average molecular weight is 493 g/mol. The van der Waals surface area contributed by atoms with Gasteiger partial charge >= 0.3 is 6.03 Å². The van der Waals surface area contributed by atoms with Crippen molar-refractivity contribution in [1.82, 2.24) is 15.5 Å². The predicted molar refractivity (Wildman–Crippen MR) is 129 cm³/mol. The molecule has 0 bridgehead atoms. The van der Waals surface area contributed by atoms with E-state index in [-0.39, 0.29) is 11.7 Å². The summed E-state index contributed by atoms with van der Waals surface area (Å²) in [6, 6.07) is 16.1. The lowest BCUT2D eigenvalue weighted by Crippen LogP contribution is -2.46. The monoisotopic (exact) mass is 492 g/mol. The average Bonchev–Trinajstić information content (AvgIpc) is 3.31. The van der Waals surface area contributed by atoms with E-state index in [1.165, 1.54) is 29.2 Å². The van der Waals surface area contributed by atoms with E-state index in [1.54, 1.807) is 56.3 Å². The van der Waals surface area contributed by atoms with E-state index < -0.39 is 17.9 Å². The Morgan fingerprint density at radius 3 is 2.40 bits per heavy atom. The molecule has 0 radical (unpaired) electrons. The van der Waals surface area contributed by atoms with Gasteiger partial charge in [-0.25, -0.2) is 13.6 Å². The summed E-state index contributed by atoms with van der Waals surface area (Å²) in [4.78, 5) is 19.2. The smallest absolute Gasteiger partial charge is 0.326 e. The molecular formula is C26H19ClF2N4O2. The molecule has 0 spiro atoms. The van der Waals surface area contributed by atoms with E-state index in [0.29, 0.717) is 44.5 Å². The molecule has 6 nitrogen and oxygen atoms in total. The van der Waals surface area contributed by atoms with Crippen molar-refractivity contribution in [2.45, 2.75) is 19.9 Å². The number of rotatable bonds is 4. The Morgan fingerprint density at radius 1 is 1.00 bits per heavy atom. The summed E-state index contributed by atoms with van der Waals surface area (Å²) in [6.07, 6.45) is 0. The highest BCUT2D eigenvalue weighted by Gasteiger charge is 2.36. The highest BCUT2D eigenvalue weighted by Crippen LogP contribution is 2.39. The molecule has 1 unspecified atom stereocenters. The van der Waals surface area contributed by atoms with Crippen molar-refractivity contribution in [1.29, 1.82) is 0 Å². The molecule has 4 aromatic rings. The van der Waals surface area contributed by atoms with Crippen LogP contribution in [0.1, 0.15) is 30.0 Å². The number of carbonyl (C=O) groups is 1. The van der Waals surface area contributed by atoms with Crippen LogP contribution in [0.4, 0.5) is 19.3 Å². The number of benzene rings is 3. The minimum atomic E-state index is -0.681. The SMILES string of the molecule is CC1=C(c2nc(-c3ccc(Cl)cc3)no2)C(c2ccc(F)cc2)NC(=O)N1c1ccc(F)c(C)c1. The molecule has 1 aliphatic rings. The van der Waals surface area contributed by atoms with E-state index >= 15 is 0 Å². The fraction of sp³-hybridized carbons (Fsp3) is 0.115. The Balaban J connectivity index is 1.65. The molecule has 0 fully saturated rings. The summed E-state index contributed by atoms with van der Waals surface area (Å²) in [5.41, 5.74) is 3.26. The molecule has 2 amide bonds. The van der Waals surface area contributed by atoms with Crippen LogP contribution in [0.2, 0.25) is 5.02 Å². The third-order valence-electron chi connectivity index (χ3n) is 5.85. The van der Waals surface area contributed by atoms with Crippen molar-refractivity contribution in [3.05, 3.63) is 106 Å².